The number of nitrogens with one attached hydrogen (secondary N) is 2. The van der Waals surface area contributed by atoms with Crippen LogP contribution in [0.2, 0.25) is 0 Å². The Morgan fingerprint density at radius 3 is 2.71 bits per heavy atom. The van der Waals surface area contributed by atoms with Gasteiger partial charge in [0.1, 0.15) is 6.54 Å². The summed E-state index contributed by atoms with van der Waals surface area (Å²) in [6.45, 7) is 3.41. The van der Waals surface area contributed by atoms with E-state index in [1.807, 2.05) is 19.1 Å². The van der Waals surface area contributed by atoms with Crippen LogP contribution in [0, 0.1) is 0 Å². The number of amides is 1. The summed E-state index contributed by atoms with van der Waals surface area (Å²) >= 11 is 1.74. The molecule has 1 heterocycles. The van der Waals surface area contributed by atoms with E-state index in [0.29, 0.717) is 6.54 Å². The van der Waals surface area contributed by atoms with Gasteiger partial charge in [-0.1, -0.05) is 48.5 Å². The van der Waals surface area contributed by atoms with Gasteiger partial charge in [0.15, 0.2) is 6.54 Å². The fourth-order valence-corrected chi connectivity index (χ4v) is 3.86. The van der Waals surface area contributed by atoms with Crippen LogP contribution in [-0.4, -0.2) is 19.5 Å². The maximum Gasteiger partial charge on any atom is 0.275 e. The highest BCUT2D eigenvalue weighted by atomic mass is 32.1. The number of rotatable bonds is 6. The number of thiophene rings is 1. The monoisotopic (exact) mass is 339 g/mol. The van der Waals surface area contributed by atoms with Gasteiger partial charge in [-0.05, 0) is 34.7 Å². The Labute approximate surface area is 146 Å². The molecule has 3 nitrogen and oxygen atoms in total. The molecule has 4 heteroatoms. The summed E-state index contributed by atoms with van der Waals surface area (Å²) in [5, 5.41) is 7.62. The molecule has 2 aromatic carbocycles. The van der Waals surface area contributed by atoms with E-state index in [4.69, 9.17) is 0 Å². The quantitative estimate of drug-likeness (QED) is 0.711. The molecule has 0 bridgehead atoms. The first kappa shape index (κ1) is 16.7. The van der Waals surface area contributed by atoms with E-state index in [2.05, 4.69) is 60.2 Å². The van der Waals surface area contributed by atoms with E-state index in [-0.39, 0.29) is 11.9 Å². The molecule has 0 aliphatic carbocycles. The molecule has 0 spiro atoms. The Hall–Kier alpha value is -2.17. The lowest BCUT2D eigenvalue weighted by Gasteiger charge is -2.18. The molecule has 0 saturated carbocycles. The highest BCUT2D eigenvalue weighted by Gasteiger charge is 2.15. The number of hydrogen-bond donors (Lipinski definition) is 2. The first-order valence-electron chi connectivity index (χ1n) is 8.24. The van der Waals surface area contributed by atoms with Crippen molar-refractivity contribution in [2.45, 2.75) is 19.5 Å². The van der Waals surface area contributed by atoms with E-state index < -0.39 is 0 Å². The lowest BCUT2D eigenvalue weighted by atomic mass is 10.00. The van der Waals surface area contributed by atoms with Gasteiger partial charge in [0.25, 0.3) is 5.91 Å². The Bertz CT molecular complexity index is 808. The van der Waals surface area contributed by atoms with Crippen molar-refractivity contribution in [3.05, 3.63) is 70.4 Å². The summed E-state index contributed by atoms with van der Waals surface area (Å²) in [6, 6.07) is 18.7. The lowest BCUT2D eigenvalue weighted by molar-refractivity contribution is -0.885. The maximum atomic E-state index is 12.4. The number of fused-ring (bicyclic) bond motifs is 1. The molecule has 124 valence electrons. The normalized spacial score (nSPS) is 13.6. The molecule has 0 radical (unpaired) electrons. The van der Waals surface area contributed by atoms with Crippen molar-refractivity contribution in [1.29, 1.82) is 0 Å². The molecule has 0 saturated heterocycles. The second-order valence-electron chi connectivity index (χ2n) is 6.25. The molecular weight excluding hydrogens is 316 g/mol. The Morgan fingerprint density at radius 1 is 1.12 bits per heavy atom. The molecule has 3 rings (SSSR count). The third-order valence-corrected chi connectivity index (χ3v) is 5.06. The molecule has 24 heavy (non-hydrogen) atoms. The Balaban J connectivity index is 1.63. The van der Waals surface area contributed by atoms with Crippen LogP contribution in [0.4, 0.5) is 0 Å². The number of carbonyl (C=O) groups excluding carboxylic acids is 1. The number of benzene rings is 2. The molecule has 0 aliphatic rings. The van der Waals surface area contributed by atoms with Crippen LogP contribution in [0.3, 0.4) is 0 Å². The van der Waals surface area contributed by atoms with E-state index in [9.17, 15) is 4.79 Å². The standard InChI is InChI=1S/C20H22N2OS/c1-15(18-11-5-8-16-7-3-4-10-19(16)18)21-20(23)14-22(2)13-17-9-6-12-24-17/h3-12,15H,13-14H2,1-2H3,(H,21,23)/p+1/t15-/m0/s1. The number of quaternary nitrogens is 1. The van der Waals surface area contributed by atoms with Crippen molar-refractivity contribution >= 4 is 28.0 Å². The lowest BCUT2D eigenvalue weighted by Crippen LogP contribution is -3.08. The first-order chi connectivity index (χ1) is 11.6. The van der Waals surface area contributed by atoms with E-state index in [1.165, 1.54) is 20.5 Å². The van der Waals surface area contributed by atoms with E-state index >= 15 is 0 Å². The van der Waals surface area contributed by atoms with Crippen molar-refractivity contribution in [1.82, 2.24) is 5.32 Å². The zero-order chi connectivity index (χ0) is 16.9. The van der Waals surface area contributed by atoms with Crippen LogP contribution < -0.4 is 10.2 Å². The third kappa shape index (κ3) is 4.02. The van der Waals surface area contributed by atoms with Gasteiger partial charge in [-0.3, -0.25) is 4.79 Å². The van der Waals surface area contributed by atoms with Crippen molar-refractivity contribution in [3.8, 4) is 0 Å². The van der Waals surface area contributed by atoms with Crippen LogP contribution in [-0.2, 0) is 11.3 Å². The smallest absolute Gasteiger partial charge is 0.275 e. The summed E-state index contributed by atoms with van der Waals surface area (Å²) in [4.78, 5) is 14.9. The highest BCUT2D eigenvalue weighted by molar-refractivity contribution is 7.09. The molecule has 3 aromatic rings. The van der Waals surface area contributed by atoms with Crippen molar-refractivity contribution < 1.29 is 9.69 Å². The van der Waals surface area contributed by atoms with E-state index in [1.54, 1.807) is 11.3 Å². The summed E-state index contributed by atoms with van der Waals surface area (Å²) in [7, 11) is 2.06. The average molecular weight is 339 g/mol. The minimum atomic E-state index is -0.00172. The van der Waals surface area contributed by atoms with Crippen LogP contribution in [0.15, 0.2) is 60.0 Å². The second kappa shape index (κ2) is 7.60. The minimum absolute atomic E-state index is 0.00172. The molecule has 1 aromatic heterocycles. The SMILES string of the molecule is C[C@H](NC(=O)C[NH+](C)Cc1cccs1)c1cccc2ccccc12. The average Bonchev–Trinajstić information content (AvgIpc) is 3.06. The van der Waals surface area contributed by atoms with Gasteiger partial charge < -0.3 is 10.2 Å². The van der Waals surface area contributed by atoms with Crippen molar-refractivity contribution in [3.63, 3.8) is 0 Å². The second-order valence-corrected chi connectivity index (χ2v) is 7.28. The Morgan fingerprint density at radius 2 is 1.92 bits per heavy atom. The number of hydrogen-bond acceptors (Lipinski definition) is 2. The van der Waals surface area contributed by atoms with Gasteiger partial charge in [-0.2, -0.15) is 0 Å². The summed E-state index contributed by atoms with van der Waals surface area (Å²) in [5.41, 5.74) is 1.16. The predicted molar refractivity (Wildman–Crippen MR) is 100 cm³/mol. The molecule has 1 unspecified atom stereocenters. The summed E-state index contributed by atoms with van der Waals surface area (Å²) < 4.78 is 0. The fraction of sp³-hybridized carbons (Fsp3) is 0.250. The van der Waals surface area contributed by atoms with Crippen LogP contribution in [0.1, 0.15) is 23.4 Å². The predicted octanol–water partition coefficient (Wildman–Crippen LogP) is 2.79. The Kier molecular flexibility index (Phi) is 5.28. The fourth-order valence-electron chi connectivity index (χ4n) is 3.05. The molecule has 1 amide bonds. The van der Waals surface area contributed by atoms with Gasteiger partial charge in [-0.25, -0.2) is 0 Å². The summed E-state index contributed by atoms with van der Waals surface area (Å²) in [5.74, 6) is 0.0875. The highest BCUT2D eigenvalue weighted by Crippen LogP contribution is 2.23. The number of likely N-dealkylation sites (N-methyl/N-ethyl adjacent to an activating group) is 1. The third-order valence-electron chi connectivity index (χ3n) is 4.19. The zero-order valence-electron chi connectivity index (χ0n) is 14.1. The first-order valence-corrected chi connectivity index (χ1v) is 9.12. The topological polar surface area (TPSA) is 33.5 Å². The zero-order valence-corrected chi connectivity index (χ0v) is 14.9. The van der Waals surface area contributed by atoms with Crippen LogP contribution >= 0.6 is 11.3 Å². The molecule has 0 fully saturated rings. The maximum absolute atomic E-state index is 12.4. The summed E-state index contributed by atoms with van der Waals surface area (Å²) in [6.07, 6.45) is 0. The van der Waals surface area contributed by atoms with Gasteiger partial charge in [0.05, 0.1) is 18.0 Å². The molecular formula is C20H23N2OS+. The van der Waals surface area contributed by atoms with Crippen LogP contribution in [0.5, 0.6) is 0 Å². The minimum Gasteiger partial charge on any atom is -0.345 e. The van der Waals surface area contributed by atoms with Gasteiger partial charge >= 0.3 is 0 Å². The van der Waals surface area contributed by atoms with Crippen molar-refractivity contribution in [2.75, 3.05) is 13.6 Å². The van der Waals surface area contributed by atoms with Gasteiger partial charge in [-0.15, -0.1) is 11.3 Å². The van der Waals surface area contributed by atoms with Gasteiger partial charge in [0.2, 0.25) is 0 Å². The van der Waals surface area contributed by atoms with E-state index in [0.717, 1.165) is 12.1 Å². The van der Waals surface area contributed by atoms with Crippen molar-refractivity contribution in [2.24, 2.45) is 0 Å². The molecule has 2 atom stereocenters. The van der Waals surface area contributed by atoms with Gasteiger partial charge in [0, 0.05) is 0 Å². The van der Waals surface area contributed by atoms with Crippen LogP contribution in [0.25, 0.3) is 10.8 Å². The molecule has 2 N–H and O–H groups in total. The molecule has 0 aliphatic heterocycles. The number of carbonyl (C=O) groups is 1. The largest absolute Gasteiger partial charge is 0.345 e.